The van der Waals surface area contributed by atoms with Gasteiger partial charge in [-0.3, -0.25) is 0 Å². The lowest BCUT2D eigenvalue weighted by atomic mass is 9.87. The average molecular weight is 402 g/mol. The molecule has 3 rings (SSSR count). The number of aliphatic hydroxyl groups excluding tert-OH is 4. The van der Waals surface area contributed by atoms with Crippen LogP contribution in [0.4, 0.5) is 0 Å². The zero-order valence-corrected chi connectivity index (χ0v) is 17.0. The minimum absolute atomic E-state index is 0.312. The number of hydrogen-bond donors (Lipinski definition) is 4. The van der Waals surface area contributed by atoms with Gasteiger partial charge in [-0.2, -0.15) is 0 Å². The minimum atomic E-state index is -1.39. The molecule has 1 aliphatic rings. The topological polar surface area (TPSA) is 99.4 Å². The highest BCUT2D eigenvalue weighted by Gasteiger charge is 2.44. The van der Waals surface area contributed by atoms with Gasteiger partial charge < -0.3 is 29.9 Å². The second kappa shape index (κ2) is 9.24. The van der Waals surface area contributed by atoms with E-state index < -0.39 is 37.1 Å². The molecule has 6 heteroatoms. The van der Waals surface area contributed by atoms with Crippen molar-refractivity contribution in [1.29, 1.82) is 0 Å². The summed E-state index contributed by atoms with van der Waals surface area (Å²) in [6.07, 6.45) is -5.09. The van der Waals surface area contributed by atoms with E-state index in [-0.39, 0.29) is 0 Å². The Morgan fingerprint density at radius 2 is 1.66 bits per heavy atom. The zero-order valence-electron chi connectivity index (χ0n) is 17.0. The van der Waals surface area contributed by atoms with Crippen molar-refractivity contribution in [2.75, 3.05) is 13.7 Å². The summed E-state index contributed by atoms with van der Waals surface area (Å²) >= 11 is 0. The third kappa shape index (κ3) is 4.63. The molecule has 1 heterocycles. The molecule has 1 saturated heterocycles. The molecule has 5 atom stereocenters. The molecule has 2 aromatic carbocycles. The molecular formula is C23H30O6. The molecule has 2 aromatic rings. The van der Waals surface area contributed by atoms with E-state index in [0.29, 0.717) is 17.9 Å². The lowest BCUT2D eigenvalue weighted by molar-refractivity contribution is -0.231. The van der Waals surface area contributed by atoms with Crippen molar-refractivity contribution in [3.8, 4) is 5.75 Å². The van der Waals surface area contributed by atoms with Crippen molar-refractivity contribution in [3.05, 3.63) is 64.7 Å². The molecule has 6 nitrogen and oxygen atoms in total. The Labute approximate surface area is 171 Å². The molecule has 0 unspecified atom stereocenters. The first-order valence-corrected chi connectivity index (χ1v) is 9.91. The normalized spacial score (nSPS) is 27.2. The second-order valence-electron chi connectivity index (χ2n) is 7.89. The van der Waals surface area contributed by atoms with Gasteiger partial charge in [0.1, 0.15) is 36.3 Å². The van der Waals surface area contributed by atoms with Crippen molar-refractivity contribution in [2.24, 2.45) is 0 Å². The molecular weight excluding hydrogens is 372 g/mol. The fraction of sp³-hybridized carbons (Fsp3) is 0.478. The molecule has 0 saturated carbocycles. The van der Waals surface area contributed by atoms with Crippen molar-refractivity contribution >= 4 is 0 Å². The summed E-state index contributed by atoms with van der Waals surface area (Å²) in [6, 6.07) is 13.7. The van der Waals surface area contributed by atoms with Gasteiger partial charge in [0.25, 0.3) is 0 Å². The van der Waals surface area contributed by atoms with Gasteiger partial charge in [-0.25, -0.2) is 0 Å². The van der Waals surface area contributed by atoms with Crippen molar-refractivity contribution < 1.29 is 29.9 Å². The maximum Gasteiger partial charge on any atom is 0.118 e. The van der Waals surface area contributed by atoms with E-state index in [9.17, 15) is 20.4 Å². The van der Waals surface area contributed by atoms with Crippen LogP contribution in [0.15, 0.2) is 42.5 Å². The number of ether oxygens (including phenoxy) is 2. The average Bonchev–Trinajstić information content (AvgIpc) is 2.72. The summed E-state index contributed by atoms with van der Waals surface area (Å²) in [7, 11) is 1.63. The van der Waals surface area contributed by atoms with Crippen LogP contribution in [0.2, 0.25) is 0 Å². The fourth-order valence-corrected chi connectivity index (χ4v) is 3.86. The zero-order chi connectivity index (χ0) is 21.1. The molecule has 0 spiro atoms. The third-order valence-corrected chi connectivity index (χ3v) is 5.56. The summed E-state index contributed by atoms with van der Waals surface area (Å²) in [6.45, 7) is 3.81. The largest absolute Gasteiger partial charge is 0.497 e. The molecule has 0 bridgehead atoms. The number of rotatable bonds is 6. The van der Waals surface area contributed by atoms with Crippen molar-refractivity contribution in [1.82, 2.24) is 0 Å². The Kier molecular flexibility index (Phi) is 6.93. The Balaban J connectivity index is 1.93. The quantitative estimate of drug-likeness (QED) is 0.589. The molecule has 4 N–H and O–H groups in total. The third-order valence-electron chi connectivity index (χ3n) is 5.56. The minimum Gasteiger partial charge on any atom is -0.497 e. The summed E-state index contributed by atoms with van der Waals surface area (Å²) in [5.74, 6) is 1.11. The highest BCUT2D eigenvalue weighted by Crippen LogP contribution is 2.34. The van der Waals surface area contributed by atoms with Gasteiger partial charge in [-0.05, 0) is 46.7 Å². The monoisotopic (exact) mass is 402 g/mol. The lowest BCUT2D eigenvalue weighted by Crippen LogP contribution is -2.55. The van der Waals surface area contributed by atoms with Crippen LogP contribution in [0.5, 0.6) is 5.75 Å². The van der Waals surface area contributed by atoms with Gasteiger partial charge in [0.15, 0.2) is 0 Å². The second-order valence-corrected chi connectivity index (χ2v) is 7.89. The SMILES string of the molecule is COc1ccc(Cc2cc([C@@H]3O[C@H](CO)[C@@H](O)[C@H](O)[C@H]3O)ccc2C(C)C)cc1. The van der Waals surface area contributed by atoms with Gasteiger partial charge in [-0.1, -0.05) is 44.2 Å². The smallest absolute Gasteiger partial charge is 0.118 e. The predicted molar refractivity (Wildman–Crippen MR) is 109 cm³/mol. The Bertz CT molecular complexity index is 802. The maximum atomic E-state index is 10.5. The first kappa shape index (κ1) is 21.7. The van der Waals surface area contributed by atoms with Crippen LogP contribution >= 0.6 is 0 Å². The van der Waals surface area contributed by atoms with E-state index in [0.717, 1.165) is 16.9 Å². The van der Waals surface area contributed by atoms with Crippen LogP contribution < -0.4 is 4.74 Å². The standard InChI is InChI=1S/C23H30O6/c1-13(2)18-9-6-15(23-22(27)21(26)20(25)19(12-24)29-23)11-16(18)10-14-4-7-17(28-3)8-5-14/h4-9,11,13,19-27H,10,12H2,1-3H3/t19-,20-,21+,22-,23+/m1/s1. The lowest BCUT2D eigenvalue weighted by Gasteiger charge is -2.40. The highest BCUT2D eigenvalue weighted by atomic mass is 16.5. The Morgan fingerprint density at radius 3 is 2.24 bits per heavy atom. The van der Waals surface area contributed by atoms with E-state index in [1.807, 2.05) is 42.5 Å². The van der Waals surface area contributed by atoms with E-state index >= 15 is 0 Å². The fourth-order valence-electron chi connectivity index (χ4n) is 3.86. The van der Waals surface area contributed by atoms with E-state index in [2.05, 4.69) is 13.8 Å². The Hall–Kier alpha value is -1.96. The van der Waals surface area contributed by atoms with Gasteiger partial charge in [0, 0.05) is 0 Å². The van der Waals surface area contributed by atoms with E-state index in [1.54, 1.807) is 7.11 Å². The molecule has 0 aromatic heterocycles. The molecule has 0 aliphatic carbocycles. The Morgan fingerprint density at radius 1 is 0.966 bits per heavy atom. The molecule has 0 radical (unpaired) electrons. The van der Waals surface area contributed by atoms with Crippen LogP contribution in [0.25, 0.3) is 0 Å². The maximum absolute atomic E-state index is 10.5. The first-order valence-electron chi connectivity index (χ1n) is 9.91. The first-order chi connectivity index (χ1) is 13.8. The number of benzene rings is 2. The number of hydrogen-bond acceptors (Lipinski definition) is 6. The molecule has 1 fully saturated rings. The van der Waals surface area contributed by atoms with Gasteiger partial charge in [0.2, 0.25) is 0 Å². The molecule has 29 heavy (non-hydrogen) atoms. The number of aliphatic hydroxyl groups is 4. The van der Waals surface area contributed by atoms with Gasteiger partial charge in [0.05, 0.1) is 13.7 Å². The van der Waals surface area contributed by atoms with Gasteiger partial charge >= 0.3 is 0 Å². The predicted octanol–water partition coefficient (Wildman–Crippen LogP) is 1.92. The molecule has 158 valence electrons. The van der Waals surface area contributed by atoms with Crippen LogP contribution in [0, 0.1) is 0 Å². The van der Waals surface area contributed by atoms with Gasteiger partial charge in [-0.15, -0.1) is 0 Å². The van der Waals surface area contributed by atoms with Crippen LogP contribution in [-0.2, 0) is 11.2 Å². The van der Waals surface area contributed by atoms with Crippen molar-refractivity contribution in [2.45, 2.75) is 56.7 Å². The van der Waals surface area contributed by atoms with Crippen LogP contribution in [0.1, 0.15) is 48.1 Å². The molecule has 1 aliphatic heterocycles. The molecule has 0 amide bonds. The number of methoxy groups -OCH3 is 1. The summed E-state index contributed by atoms with van der Waals surface area (Å²) in [5, 5.41) is 40.1. The summed E-state index contributed by atoms with van der Waals surface area (Å²) < 4.78 is 10.9. The van der Waals surface area contributed by atoms with Crippen LogP contribution in [-0.4, -0.2) is 58.6 Å². The van der Waals surface area contributed by atoms with Crippen molar-refractivity contribution in [3.63, 3.8) is 0 Å². The van der Waals surface area contributed by atoms with E-state index in [1.165, 1.54) is 5.56 Å². The summed E-state index contributed by atoms with van der Waals surface area (Å²) in [5.41, 5.74) is 4.11. The highest BCUT2D eigenvalue weighted by molar-refractivity contribution is 5.40. The van der Waals surface area contributed by atoms with Crippen LogP contribution in [0.3, 0.4) is 0 Å². The van der Waals surface area contributed by atoms with E-state index in [4.69, 9.17) is 9.47 Å². The summed E-state index contributed by atoms with van der Waals surface area (Å²) in [4.78, 5) is 0.